The van der Waals surface area contributed by atoms with Crippen molar-refractivity contribution in [3.05, 3.63) is 29.8 Å². The van der Waals surface area contributed by atoms with Crippen molar-refractivity contribution in [1.82, 2.24) is 0 Å². The van der Waals surface area contributed by atoms with Crippen molar-refractivity contribution >= 4 is 5.84 Å². The molecule has 0 unspecified atom stereocenters. The van der Waals surface area contributed by atoms with E-state index in [1.54, 1.807) is 19.2 Å². The number of amidine groups is 1. The van der Waals surface area contributed by atoms with Gasteiger partial charge in [-0.25, -0.2) is 0 Å². The van der Waals surface area contributed by atoms with Crippen LogP contribution in [0.5, 0.6) is 5.75 Å². The largest absolute Gasteiger partial charge is 0.493 e. The topological polar surface area (TPSA) is 68.3 Å². The normalized spacial score (nSPS) is 11.2. The molecule has 0 aliphatic heterocycles. The lowest BCUT2D eigenvalue weighted by Gasteiger charge is -2.22. The van der Waals surface area contributed by atoms with Gasteiger partial charge in [-0.2, -0.15) is 0 Å². The van der Waals surface area contributed by atoms with Crippen LogP contribution in [0.2, 0.25) is 0 Å². The molecule has 3 N–H and O–H groups in total. The first kappa shape index (κ1) is 13.5. The van der Waals surface area contributed by atoms with E-state index in [-0.39, 0.29) is 11.4 Å². The fourth-order valence-corrected chi connectivity index (χ4v) is 1.27. The Morgan fingerprint density at radius 3 is 2.71 bits per heavy atom. The highest BCUT2D eigenvalue weighted by Gasteiger charge is 2.15. The Labute approximate surface area is 102 Å². The van der Waals surface area contributed by atoms with Gasteiger partial charge in [0.1, 0.15) is 11.6 Å². The van der Waals surface area contributed by atoms with Gasteiger partial charge < -0.3 is 15.2 Å². The van der Waals surface area contributed by atoms with E-state index in [0.717, 1.165) is 12.2 Å². The predicted octanol–water partition coefficient (Wildman–Crippen LogP) is 2.16. The molecule has 0 fully saturated rings. The number of benzene rings is 1. The van der Waals surface area contributed by atoms with Crippen LogP contribution >= 0.6 is 0 Å². The number of ether oxygens (including phenoxy) is 2. The molecule has 0 aliphatic rings. The highest BCUT2D eigenvalue weighted by Crippen LogP contribution is 2.16. The third kappa shape index (κ3) is 4.44. The highest BCUT2D eigenvalue weighted by molar-refractivity contribution is 5.95. The van der Waals surface area contributed by atoms with E-state index in [0.29, 0.717) is 12.2 Å². The second kappa shape index (κ2) is 5.68. The first-order chi connectivity index (χ1) is 7.94. The van der Waals surface area contributed by atoms with E-state index in [4.69, 9.17) is 20.6 Å². The first-order valence-corrected chi connectivity index (χ1v) is 5.57. The minimum atomic E-state index is -0.182. The molecular weight excluding hydrogens is 216 g/mol. The maximum Gasteiger partial charge on any atom is 0.122 e. The lowest BCUT2D eigenvalue weighted by molar-refractivity contribution is 0.00546. The zero-order valence-corrected chi connectivity index (χ0v) is 10.6. The van der Waals surface area contributed by atoms with Gasteiger partial charge in [-0.15, -0.1) is 0 Å². The molecule has 0 atom stereocenters. The molecule has 17 heavy (non-hydrogen) atoms. The van der Waals surface area contributed by atoms with Crippen molar-refractivity contribution in [2.45, 2.75) is 25.9 Å². The van der Waals surface area contributed by atoms with E-state index < -0.39 is 0 Å². The van der Waals surface area contributed by atoms with Crippen molar-refractivity contribution in [3.63, 3.8) is 0 Å². The maximum absolute atomic E-state index is 7.34. The zero-order valence-electron chi connectivity index (χ0n) is 10.6. The Kier molecular flexibility index (Phi) is 4.52. The molecule has 1 aromatic rings. The number of nitrogens with two attached hydrogens (primary N) is 1. The van der Waals surface area contributed by atoms with Crippen LogP contribution in [0.15, 0.2) is 24.3 Å². The summed E-state index contributed by atoms with van der Waals surface area (Å²) in [4.78, 5) is 0. The Hall–Kier alpha value is -1.55. The molecule has 0 aliphatic carbocycles. The predicted molar refractivity (Wildman–Crippen MR) is 68.7 cm³/mol. The Morgan fingerprint density at radius 2 is 2.12 bits per heavy atom. The summed E-state index contributed by atoms with van der Waals surface area (Å²) in [5.74, 6) is 0.775. The minimum absolute atomic E-state index is 0.0488. The van der Waals surface area contributed by atoms with Crippen molar-refractivity contribution < 1.29 is 9.47 Å². The molecule has 1 aromatic carbocycles. The fourth-order valence-electron chi connectivity index (χ4n) is 1.27. The first-order valence-electron chi connectivity index (χ1n) is 5.57. The third-order valence-corrected chi connectivity index (χ3v) is 2.67. The molecule has 0 saturated carbocycles. The number of methoxy groups -OCH3 is 1. The van der Waals surface area contributed by atoms with Gasteiger partial charge in [-0.05, 0) is 26.0 Å². The Bertz CT molecular complexity index is 389. The summed E-state index contributed by atoms with van der Waals surface area (Å²) in [5, 5.41) is 7.34. The molecule has 0 amide bonds. The van der Waals surface area contributed by atoms with Gasteiger partial charge in [0, 0.05) is 19.1 Å². The van der Waals surface area contributed by atoms with Gasteiger partial charge in [0.05, 0.1) is 12.2 Å². The molecule has 4 nitrogen and oxygen atoms in total. The third-order valence-electron chi connectivity index (χ3n) is 2.67. The summed E-state index contributed by atoms with van der Waals surface area (Å²) in [5.41, 5.74) is 5.90. The number of nitrogen functional groups attached to an aromatic ring is 1. The number of nitrogens with one attached hydrogen (secondary N) is 1. The monoisotopic (exact) mass is 236 g/mol. The van der Waals surface area contributed by atoms with Crippen molar-refractivity contribution in [3.8, 4) is 5.75 Å². The van der Waals surface area contributed by atoms with Crippen molar-refractivity contribution in [2.75, 3.05) is 13.7 Å². The molecule has 94 valence electrons. The van der Waals surface area contributed by atoms with Gasteiger partial charge in [-0.1, -0.05) is 12.1 Å². The summed E-state index contributed by atoms with van der Waals surface area (Å²) in [6, 6.07) is 7.23. The smallest absolute Gasteiger partial charge is 0.122 e. The second-order valence-corrected chi connectivity index (χ2v) is 4.50. The van der Waals surface area contributed by atoms with E-state index >= 15 is 0 Å². The van der Waals surface area contributed by atoms with Crippen LogP contribution in [0.4, 0.5) is 0 Å². The van der Waals surface area contributed by atoms with Crippen LogP contribution in [0, 0.1) is 5.41 Å². The van der Waals surface area contributed by atoms with Crippen LogP contribution in [0.1, 0.15) is 25.8 Å². The lowest BCUT2D eigenvalue weighted by atomic mass is 10.1. The SMILES string of the molecule is COC(C)(C)CCOc1cccc(C(=N)N)c1. The summed E-state index contributed by atoms with van der Waals surface area (Å²) >= 11 is 0. The Balaban J connectivity index is 2.52. The van der Waals surface area contributed by atoms with Crippen LogP contribution in [0.3, 0.4) is 0 Å². The second-order valence-electron chi connectivity index (χ2n) is 4.50. The van der Waals surface area contributed by atoms with E-state index in [1.165, 1.54) is 0 Å². The molecule has 0 bridgehead atoms. The maximum atomic E-state index is 7.34. The fraction of sp³-hybridized carbons (Fsp3) is 0.462. The van der Waals surface area contributed by atoms with E-state index in [1.807, 2.05) is 26.0 Å². The molecule has 0 aromatic heterocycles. The minimum Gasteiger partial charge on any atom is -0.493 e. The van der Waals surface area contributed by atoms with Crippen LogP contribution in [0.25, 0.3) is 0 Å². The van der Waals surface area contributed by atoms with Gasteiger partial charge >= 0.3 is 0 Å². The summed E-state index contributed by atoms with van der Waals surface area (Å²) in [7, 11) is 1.69. The Morgan fingerprint density at radius 1 is 1.41 bits per heavy atom. The molecule has 0 radical (unpaired) electrons. The standard InChI is InChI=1S/C13H20N2O2/c1-13(2,16-3)7-8-17-11-6-4-5-10(9-11)12(14)15/h4-6,9H,7-8H2,1-3H3,(H3,14,15). The van der Waals surface area contributed by atoms with Crippen molar-refractivity contribution in [2.24, 2.45) is 5.73 Å². The van der Waals surface area contributed by atoms with E-state index in [2.05, 4.69) is 0 Å². The average Bonchev–Trinajstić information content (AvgIpc) is 2.29. The van der Waals surface area contributed by atoms with Gasteiger partial charge in [0.2, 0.25) is 0 Å². The van der Waals surface area contributed by atoms with Crippen LogP contribution < -0.4 is 10.5 Å². The van der Waals surface area contributed by atoms with Crippen LogP contribution in [-0.2, 0) is 4.74 Å². The zero-order chi connectivity index (χ0) is 12.9. The highest BCUT2D eigenvalue weighted by atomic mass is 16.5. The molecule has 4 heteroatoms. The summed E-state index contributed by atoms with van der Waals surface area (Å²) in [6.45, 7) is 4.60. The van der Waals surface area contributed by atoms with Gasteiger partial charge in [-0.3, -0.25) is 5.41 Å². The van der Waals surface area contributed by atoms with Crippen molar-refractivity contribution in [1.29, 1.82) is 5.41 Å². The average molecular weight is 236 g/mol. The van der Waals surface area contributed by atoms with Crippen LogP contribution in [-0.4, -0.2) is 25.2 Å². The van der Waals surface area contributed by atoms with Gasteiger partial charge in [0.15, 0.2) is 0 Å². The quantitative estimate of drug-likeness (QED) is 0.587. The lowest BCUT2D eigenvalue weighted by Crippen LogP contribution is -2.25. The molecule has 0 heterocycles. The number of rotatable bonds is 6. The van der Waals surface area contributed by atoms with Gasteiger partial charge in [0.25, 0.3) is 0 Å². The molecule has 0 saturated heterocycles. The molecular formula is C13H20N2O2. The molecule has 1 rings (SSSR count). The molecule has 0 spiro atoms. The number of hydrogen-bond acceptors (Lipinski definition) is 3. The number of hydrogen-bond donors (Lipinski definition) is 2. The van der Waals surface area contributed by atoms with E-state index in [9.17, 15) is 0 Å². The summed E-state index contributed by atoms with van der Waals surface area (Å²) in [6.07, 6.45) is 0.799. The summed E-state index contributed by atoms with van der Waals surface area (Å²) < 4.78 is 10.9.